The van der Waals surface area contributed by atoms with Gasteiger partial charge in [0, 0.05) is 12.5 Å². The van der Waals surface area contributed by atoms with Crippen LogP contribution < -0.4 is 14.6 Å². The Labute approximate surface area is 195 Å². The van der Waals surface area contributed by atoms with Crippen molar-refractivity contribution in [2.24, 2.45) is 5.14 Å². The van der Waals surface area contributed by atoms with Crippen molar-refractivity contribution in [1.82, 2.24) is 0 Å². The number of carbonyl (C=O) groups is 2. The molecule has 0 aliphatic carbocycles. The van der Waals surface area contributed by atoms with Crippen LogP contribution in [0.3, 0.4) is 0 Å². The van der Waals surface area contributed by atoms with Crippen LogP contribution in [-0.4, -0.2) is 39.2 Å². The Bertz CT molecular complexity index is 1160. The maximum Gasteiger partial charge on any atom is 0.331 e. The highest BCUT2D eigenvalue weighted by Gasteiger charge is 2.11. The molecule has 13 heteroatoms. The molecule has 0 radical (unpaired) electrons. The molecule has 34 heavy (non-hydrogen) atoms. The molecule has 0 aromatic heterocycles. The Morgan fingerprint density at radius 3 is 2.44 bits per heavy atom. The molecule has 0 spiro atoms. The van der Waals surface area contributed by atoms with Crippen LogP contribution in [-0.2, 0) is 35.8 Å². The lowest BCUT2D eigenvalue weighted by Crippen LogP contribution is -2.12. The number of nitrogens with two attached hydrogens (primary N) is 1. The normalized spacial score (nSPS) is 11.1. The average molecular weight is 494 g/mol. The molecule has 2 aromatic rings. The Balaban J connectivity index is 1.89. The second-order valence-electron chi connectivity index (χ2n) is 6.67. The number of nitrogens with zero attached hydrogens (tertiary/aromatic N) is 1. The van der Waals surface area contributed by atoms with Gasteiger partial charge in [0.1, 0.15) is 6.61 Å². The van der Waals surface area contributed by atoms with Gasteiger partial charge >= 0.3 is 11.9 Å². The summed E-state index contributed by atoms with van der Waals surface area (Å²) in [5, 5.41) is 14.2. The minimum atomic E-state index is -3.80. The first-order chi connectivity index (χ1) is 16.1. The van der Waals surface area contributed by atoms with E-state index >= 15 is 0 Å². The van der Waals surface area contributed by atoms with Crippen molar-refractivity contribution >= 4 is 28.0 Å². The van der Waals surface area contributed by atoms with E-state index in [9.17, 15) is 28.1 Å². The molecule has 12 nitrogen and oxygen atoms in total. The highest BCUT2D eigenvalue weighted by atomic mass is 32.2. The molecular formula is C21H22N2O10S. The predicted octanol–water partition coefficient (Wildman–Crippen LogP) is 1.99. The summed E-state index contributed by atoms with van der Waals surface area (Å²) in [5.41, 5.74) is 1.14. The van der Waals surface area contributed by atoms with Crippen molar-refractivity contribution in [3.8, 4) is 11.5 Å². The van der Waals surface area contributed by atoms with Crippen LogP contribution in [0.5, 0.6) is 11.5 Å². The fourth-order valence-electron chi connectivity index (χ4n) is 2.54. The van der Waals surface area contributed by atoms with Crippen LogP contribution in [0.2, 0.25) is 0 Å². The molecule has 0 bridgehead atoms. The minimum Gasteiger partial charge on any atom is -0.493 e. The molecule has 2 rings (SSSR count). The van der Waals surface area contributed by atoms with Gasteiger partial charge in [-0.25, -0.2) is 18.4 Å². The van der Waals surface area contributed by atoms with Gasteiger partial charge < -0.3 is 19.0 Å². The number of esters is 2. The first-order valence-electron chi connectivity index (χ1n) is 9.71. The highest BCUT2D eigenvalue weighted by Crippen LogP contribution is 2.29. The summed E-state index contributed by atoms with van der Waals surface area (Å²) < 4.78 is 38.0. The lowest BCUT2D eigenvalue weighted by atomic mass is 10.2. The van der Waals surface area contributed by atoms with Crippen LogP contribution in [0.15, 0.2) is 53.4 Å². The summed E-state index contributed by atoms with van der Waals surface area (Å²) in [4.78, 5) is 38.0. The second kappa shape index (κ2) is 12.3. The maximum absolute atomic E-state index is 12.0. The lowest BCUT2D eigenvalue weighted by molar-refractivity contribution is -0.757. The van der Waals surface area contributed by atoms with E-state index in [1.807, 2.05) is 0 Å². The largest absolute Gasteiger partial charge is 0.493 e. The number of hydrogen-bond donors (Lipinski definition) is 1. The SMILES string of the molecule is COc1cc(/C=C/C(=O)OCc2ccc(S(N)(=O)=O)cc2)ccc1OC(=O)CCCO[N+](=O)[O-]. The third kappa shape index (κ3) is 8.88. The summed E-state index contributed by atoms with van der Waals surface area (Å²) in [7, 11) is -2.42. The van der Waals surface area contributed by atoms with Gasteiger partial charge in [0.15, 0.2) is 11.5 Å². The summed E-state index contributed by atoms with van der Waals surface area (Å²) in [6.45, 7) is -0.293. The molecule has 0 fully saturated rings. The predicted molar refractivity (Wildman–Crippen MR) is 117 cm³/mol. The van der Waals surface area contributed by atoms with Gasteiger partial charge in [-0.05, 0) is 47.9 Å². The first-order valence-corrected chi connectivity index (χ1v) is 11.3. The molecule has 2 N–H and O–H groups in total. The molecule has 0 aliphatic rings. The van der Waals surface area contributed by atoms with Crippen molar-refractivity contribution < 1.29 is 42.1 Å². The topological polar surface area (TPSA) is 174 Å². The number of primary sulfonamides is 1. The van der Waals surface area contributed by atoms with E-state index in [0.29, 0.717) is 11.1 Å². The number of benzene rings is 2. The standard InChI is InChI=1S/C21H22N2O10S/c1-30-19-13-15(6-10-18(19)33-21(25)3-2-12-32-23(26)27)7-11-20(24)31-14-16-4-8-17(9-5-16)34(22,28)29/h4-11,13H,2-3,12,14H2,1H3,(H2,22,28,29)/b11-7+. The van der Waals surface area contributed by atoms with Crippen molar-refractivity contribution in [2.45, 2.75) is 24.3 Å². The van der Waals surface area contributed by atoms with Crippen LogP contribution >= 0.6 is 0 Å². The van der Waals surface area contributed by atoms with Crippen molar-refractivity contribution in [1.29, 1.82) is 0 Å². The van der Waals surface area contributed by atoms with Gasteiger partial charge in [0.25, 0.3) is 5.09 Å². The van der Waals surface area contributed by atoms with Crippen molar-refractivity contribution in [2.75, 3.05) is 13.7 Å². The molecule has 0 amide bonds. The number of rotatable bonds is 12. The third-order valence-electron chi connectivity index (χ3n) is 4.18. The zero-order chi connectivity index (χ0) is 25.1. The van der Waals surface area contributed by atoms with Gasteiger partial charge in [-0.3, -0.25) is 4.79 Å². The van der Waals surface area contributed by atoms with Gasteiger partial charge in [0.2, 0.25) is 10.0 Å². The highest BCUT2D eigenvalue weighted by molar-refractivity contribution is 7.89. The second-order valence-corrected chi connectivity index (χ2v) is 8.24. The molecule has 0 unspecified atom stereocenters. The van der Waals surface area contributed by atoms with Crippen LogP contribution in [0, 0.1) is 10.1 Å². The number of carbonyl (C=O) groups excluding carboxylic acids is 2. The van der Waals surface area contributed by atoms with E-state index in [4.69, 9.17) is 19.3 Å². The first kappa shape index (κ1) is 26.3. The molecule has 0 saturated carbocycles. The van der Waals surface area contributed by atoms with E-state index in [0.717, 1.165) is 0 Å². The summed E-state index contributed by atoms with van der Waals surface area (Å²) >= 11 is 0. The monoisotopic (exact) mass is 494 g/mol. The molecule has 0 aliphatic heterocycles. The molecule has 0 heterocycles. The van der Waals surface area contributed by atoms with E-state index in [2.05, 4.69) is 4.84 Å². The maximum atomic E-state index is 12.0. The molecular weight excluding hydrogens is 472 g/mol. The van der Waals surface area contributed by atoms with E-state index in [1.165, 1.54) is 55.7 Å². The summed E-state index contributed by atoms with van der Waals surface area (Å²) in [6.07, 6.45) is 2.68. The quantitative estimate of drug-likeness (QED) is 0.115. The van der Waals surface area contributed by atoms with Gasteiger partial charge in [-0.1, -0.05) is 18.2 Å². The minimum absolute atomic E-state index is 0.0469. The fraction of sp³-hybridized carbons (Fsp3) is 0.238. The summed E-state index contributed by atoms with van der Waals surface area (Å²) in [5.74, 6) is -0.873. The van der Waals surface area contributed by atoms with Crippen LogP contribution in [0.4, 0.5) is 0 Å². The molecule has 0 atom stereocenters. The van der Waals surface area contributed by atoms with Gasteiger partial charge in [-0.2, -0.15) is 0 Å². The molecule has 0 saturated heterocycles. The number of ether oxygens (including phenoxy) is 3. The average Bonchev–Trinajstić information content (AvgIpc) is 2.79. The van der Waals surface area contributed by atoms with Gasteiger partial charge in [0.05, 0.1) is 18.6 Å². The number of methoxy groups -OCH3 is 1. The molecule has 2 aromatic carbocycles. The molecule has 182 valence electrons. The van der Waals surface area contributed by atoms with Gasteiger partial charge in [-0.15, -0.1) is 10.1 Å². The lowest BCUT2D eigenvalue weighted by Gasteiger charge is -2.10. The smallest absolute Gasteiger partial charge is 0.331 e. The van der Waals surface area contributed by atoms with E-state index in [1.54, 1.807) is 6.07 Å². The zero-order valence-corrected chi connectivity index (χ0v) is 18.9. The Kier molecular flexibility index (Phi) is 9.52. The Morgan fingerprint density at radius 1 is 1.12 bits per heavy atom. The van der Waals surface area contributed by atoms with Crippen LogP contribution in [0.1, 0.15) is 24.0 Å². The fourth-order valence-corrected chi connectivity index (χ4v) is 3.06. The van der Waals surface area contributed by atoms with E-state index < -0.39 is 27.0 Å². The Morgan fingerprint density at radius 2 is 1.82 bits per heavy atom. The summed E-state index contributed by atoms with van der Waals surface area (Å²) in [6, 6.07) is 10.2. The zero-order valence-electron chi connectivity index (χ0n) is 18.0. The van der Waals surface area contributed by atoms with E-state index in [-0.39, 0.29) is 42.4 Å². The third-order valence-corrected chi connectivity index (χ3v) is 5.11. The van der Waals surface area contributed by atoms with Crippen molar-refractivity contribution in [3.05, 3.63) is 69.8 Å². The van der Waals surface area contributed by atoms with Crippen LogP contribution in [0.25, 0.3) is 6.08 Å². The number of hydrogen-bond acceptors (Lipinski definition) is 10. The number of sulfonamides is 1. The Hall–Kier alpha value is -3.97. The van der Waals surface area contributed by atoms with Crippen molar-refractivity contribution in [3.63, 3.8) is 0 Å².